The third-order valence-electron chi connectivity index (χ3n) is 12.2. The average molecular weight is 945 g/mol. The molecule has 7 rings (SSSR count). The minimum Gasteiger partial charge on any atom is -0.379 e. The quantitative estimate of drug-likeness (QED) is 0.0341. The Bertz CT molecular complexity index is 2190. The number of fused-ring (bicyclic) bond motifs is 2. The lowest BCUT2D eigenvalue weighted by molar-refractivity contribution is -0.126. The number of ether oxygens (including phenoxy) is 3. The summed E-state index contributed by atoms with van der Waals surface area (Å²) in [6.45, 7) is 5.45. The molecule has 4 aromatic rings. The van der Waals surface area contributed by atoms with E-state index in [0.717, 1.165) is 97.6 Å². The Morgan fingerprint density at radius 2 is 1.45 bits per heavy atom. The highest BCUT2D eigenvalue weighted by molar-refractivity contribution is 8.00. The normalized spacial score (nSPS) is 18.1. The van der Waals surface area contributed by atoms with E-state index in [1.165, 1.54) is 12.1 Å². The molecule has 67 heavy (non-hydrogen) atoms. The van der Waals surface area contributed by atoms with Crippen LogP contribution < -0.4 is 31.5 Å². The van der Waals surface area contributed by atoms with Gasteiger partial charge in [-0.25, -0.2) is 24.1 Å². The summed E-state index contributed by atoms with van der Waals surface area (Å²) >= 11 is 1.90. The van der Waals surface area contributed by atoms with Crippen LogP contribution in [0.2, 0.25) is 0 Å². The number of thioether (sulfide) groups is 1. The highest BCUT2D eigenvalue weighted by Crippen LogP contribution is 2.33. The van der Waals surface area contributed by atoms with Gasteiger partial charge >= 0.3 is 6.03 Å². The van der Waals surface area contributed by atoms with Crippen LogP contribution in [-0.2, 0) is 41.4 Å². The molecule has 6 heterocycles. The summed E-state index contributed by atoms with van der Waals surface area (Å²) in [5.41, 5.74) is 4.44. The number of aromatic nitrogens is 4. The summed E-state index contributed by atoms with van der Waals surface area (Å²) in [6, 6.07) is 13.1. The van der Waals surface area contributed by atoms with E-state index in [1.807, 2.05) is 36.2 Å². The maximum absolute atomic E-state index is 13.2. The molecule has 3 aliphatic heterocycles. The first kappa shape index (κ1) is 49.5. The zero-order valence-corrected chi connectivity index (χ0v) is 39.0. The van der Waals surface area contributed by atoms with Crippen LogP contribution in [0.15, 0.2) is 54.9 Å². The molecule has 3 atom stereocenters. The fourth-order valence-electron chi connectivity index (χ4n) is 8.46. The third-order valence-corrected chi connectivity index (χ3v) is 13.7. The number of hydrogen-bond acceptors (Lipinski definition) is 12. The van der Waals surface area contributed by atoms with E-state index >= 15 is 0 Å². The average Bonchev–Trinajstić information content (AvgIpc) is 4.04. The van der Waals surface area contributed by atoms with Gasteiger partial charge in [0.05, 0.1) is 44.0 Å². The fraction of sp³-hybridized carbons (Fsp3) is 0.562. The van der Waals surface area contributed by atoms with Crippen LogP contribution in [0.4, 0.5) is 15.0 Å². The number of aryl methyl sites for hydroxylation is 2. The number of aromatic amines is 1. The minimum atomic E-state index is -0.242. The van der Waals surface area contributed by atoms with Crippen molar-refractivity contribution >= 4 is 52.5 Å². The summed E-state index contributed by atoms with van der Waals surface area (Å²) in [4.78, 5) is 68.1. The standard InChI is InChI=1S/C48H65FN10O7S/c49-36-11-7-33(8-12-36)9-13-41-55-38-29-35(31-53-47(38)57-41)34-10-14-42(52-30-34)59-21-17-37(18-22-59)54-45(62)16-15-44(61)51-20-4-24-65-26-28-66-27-25-64-23-3-19-50-43(60)6-2-1-5-40-46-39(32-67-40)56-48(63)58-46/h7-8,10-12,14,29-31,37,39-40,46H,1-6,9,13,15-28,32H2,(H,50,60)(H,51,61)(H,54,62)(H,53,55,57)(H2,56,58,63)/t39-,40+,46-/m0/s1. The van der Waals surface area contributed by atoms with Gasteiger partial charge in [0.25, 0.3) is 0 Å². The zero-order chi connectivity index (χ0) is 46.6. The van der Waals surface area contributed by atoms with Gasteiger partial charge in [-0.2, -0.15) is 11.8 Å². The molecule has 19 heteroatoms. The topological polar surface area (TPSA) is 214 Å². The van der Waals surface area contributed by atoms with Crippen LogP contribution in [0.1, 0.15) is 75.6 Å². The van der Waals surface area contributed by atoms with E-state index in [0.29, 0.717) is 82.9 Å². The van der Waals surface area contributed by atoms with E-state index in [1.54, 1.807) is 18.3 Å². The van der Waals surface area contributed by atoms with Gasteiger partial charge in [-0.15, -0.1) is 0 Å². The molecule has 5 amide bonds. The number of amides is 5. The Labute approximate surface area is 395 Å². The van der Waals surface area contributed by atoms with E-state index in [2.05, 4.69) is 46.4 Å². The van der Waals surface area contributed by atoms with Crippen LogP contribution >= 0.6 is 11.8 Å². The molecule has 3 aromatic heterocycles. The molecular formula is C48H65FN10O7S. The second kappa shape index (κ2) is 26.2. The number of carbonyl (C=O) groups is 4. The SMILES string of the molecule is O=C(CCCC[C@H]1SC[C@@H]2NC(=O)N[C@@H]21)NCCCOCCOCCOCCCNC(=O)CCC(=O)NC1CCN(c2ccc(-c3cnc4nc(CCc5ccc(F)cc5)[nH]c4c3)cn2)CC1. The Balaban J connectivity index is 0.635. The number of urea groups is 1. The van der Waals surface area contributed by atoms with Crippen molar-refractivity contribution in [1.82, 2.24) is 46.5 Å². The van der Waals surface area contributed by atoms with Gasteiger partial charge in [-0.05, 0) is 80.8 Å². The number of piperidine rings is 1. The Morgan fingerprint density at radius 3 is 2.16 bits per heavy atom. The number of anilines is 1. The van der Waals surface area contributed by atoms with Crippen molar-refractivity contribution in [3.63, 3.8) is 0 Å². The van der Waals surface area contributed by atoms with Crippen LogP contribution in [-0.4, -0.2) is 139 Å². The van der Waals surface area contributed by atoms with E-state index in [4.69, 9.17) is 19.2 Å². The summed E-state index contributed by atoms with van der Waals surface area (Å²) in [7, 11) is 0. The predicted molar refractivity (Wildman–Crippen MR) is 255 cm³/mol. The second-order valence-electron chi connectivity index (χ2n) is 17.3. The number of nitrogens with one attached hydrogen (secondary N) is 6. The van der Waals surface area contributed by atoms with Crippen LogP contribution in [0.5, 0.6) is 0 Å². The lowest BCUT2D eigenvalue weighted by atomic mass is 10.0. The fourth-order valence-corrected chi connectivity index (χ4v) is 10.0. The first-order valence-corrected chi connectivity index (χ1v) is 24.9. The van der Waals surface area contributed by atoms with Crippen LogP contribution in [0.3, 0.4) is 0 Å². The number of halogens is 1. The van der Waals surface area contributed by atoms with Crippen molar-refractivity contribution in [2.24, 2.45) is 0 Å². The van der Waals surface area contributed by atoms with Crippen molar-refractivity contribution < 1.29 is 37.8 Å². The number of H-pyrrole nitrogens is 1. The van der Waals surface area contributed by atoms with E-state index in [-0.39, 0.29) is 60.5 Å². The monoisotopic (exact) mass is 944 g/mol. The predicted octanol–water partition coefficient (Wildman–Crippen LogP) is 4.60. The Hall–Kier alpha value is -5.37. The molecule has 3 aliphatic rings. The molecule has 0 aliphatic carbocycles. The number of nitrogens with zero attached hydrogens (tertiary/aromatic N) is 4. The second-order valence-corrected chi connectivity index (χ2v) is 18.5. The first-order chi connectivity index (χ1) is 32.8. The van der Waals surface area contributed by atoms with Crippen molar-refractivity contribution in [2.75, 3.05) is 76.5 Å². The molecule has 1 aromatic carbocycles. The highest BCUT2D eigenvalue weighted by atomic mass is 32.2. The van der Waals surface area contributed by atoms with Gasteiger partial charge in [0.15, 0.2) is 5.65 Å². The molecule has 17 nitrogen and oxygen atoms in total. The third kappa shape index (κ3) is 16.1. The van der Waals surface area contributed by atoms with Gasteiger partial charge < -0.3 is 50.7 Å². The molecule has 6 N–H and O–H groups in total. The highest BCUT2D eigenvalue weighted by Gasteiger charge is 2.42. The molecule has 0 unspecified atom stereocenters. The number of rotatable bonds is 28. The summed E-state index contributed by atoms with van der Waals surface area (Å²) in [5.74, 6) is 2.22. The minimum absolute atomic E-state index is 0.0540. The number of carbonyl (C=O) groups excluding carboxylic acids is 4. The van der Waals surface area contributed by atoms with Crippen molar-refractivity contribution in [3.05, 3.63) is 72.1 Å². The van der Waals surface area contributed by atoms with E-state index in [9.17, 15) is 23.6 Å². The number of unbranched alkanes of at least 4 members (excludes halogenated alkanes) is 1. The molecule has 0 radical (unpaired) electrons. The van der Waals surface area contributed by atoms with Crippen LogP contribution in [0, 0.1) is 5.82 Å². The van der Waals surface area contributed by atoms with E-state index < -0.39 is 0 Å². The van der Waals surface area contributed by atoms with Gasteiger partial charge in [-0.1, -0.05) is 18.6 Å². The lowest BCUT2D eigenvalue weighted by Gasteiger charge is -2.33. The number of hydrogen-bond donors (Lipinski definition) is 6. The lowest BCUT2D eigenvalue weighted by Crippen LogP contribution is -2.45. The van der Waals surface area contributed by atoms with Crippen LogP contribution in [0.25, 0.3) is 22.3 Å². The maximum atomic E-state index is 13.2. The smallest absolute Gasteiger partial charge is 0.315 e. The maximum Gasteiger partial charge on any atom is 0.315 e. The molecule has 362 valence electrons. The Kier molecular flexibility index (Phi) is 19.4. The first-order valence-electron chi connectivity index (χ1n) is 23.8. The van der Waals surface area contributed by atoms with Crippen molar-refractivity contribution in [1.29, 1.82) is 0 Å². The van der Waals surface area contributed by atoms with Crippen molar-refractivity contribution in [2.45, 2.75) is 100 Å². The number of pyridine rings is 2. The largest absolute Gasteiger partial charge is 0.379 e. The van der Waals surface area contributed by atoms with Gasteiger partial charge in [-0.3, -0.25) is 14.4 Å². The van der Waals surface area contributed by atoms with Crippen molar-refractivity contribution in [3.8, 4) is 11.1 Å². The zero-order valence-electron chi connectivity index (χ0n) is 38.2. The number of benzene rings is 1. The summed E-state index contributed by atoms with van der Waals surface area (Å²) in [5, 5.41) is 15.3. The number of imidazole rings is 1. The molecule has 0 spiro atoms. The summed E-state index contributed by atoms with van der Waals surface area (Å²) < 4.78 is 30.0. The van der Waals surface area contributed by atoms with Gasteiger partial charge in [0.2, 0.25) is 17.7 Å². The van der Waals surface area contributed by atoms with Gasteiger partial charge in [0.1, 0.15) is 17.5 Å². The molecular weight excluding hydrogens is 880 g/mol. The Morgan fingerprint density at radius 1 is 0.761 bits per heavy atom. The molecule has 3 fully saturated rings. The summed E-state index contributed by atoms with van der Waals surface area (Å²) in [6.07, 6.45) is 11.7. The van der Waals surface area contributed by atoms with Gasteiger partial charge in [0, 0.05) is 106 Å². The molecule has 3 saturated heterocycles. The molecule has 0 saturated carbocycles. The molecule has 0 bridgehead atoms.